The fraction of sp³-hybridized carbons (Fsp3) is 0.194. The van der Waals surface area contributed by atoms with Crippen molar-refractivity contribution in [2.75, 3.05) is 0 Å². The summed E-state index contributed by atoms with van der Waals surface area (Å²) in [7, 11) is 0. The van der Waals surface area contributed by atoms with Crippen molar-refractivity contribution >= 4 is 15.9 Å². The van der Waals surface area contributed by atoms with E-state index in [-0.39, 0.29) is 5.92 Å². The first-order valence-corrected chi connectivity index (χ1v) is 13.5. The molecule has 5 aromatic rings. The molecule has 0 amide bonds. The maximum absolute atomic E-state index is 4.73. The van der Waals surface area contributed by atoms with Crippen molar-refractivity contribution in [3.05, 3.63) is 149 Å². The van der Waals surface area contributed by atoms with E-state index in [2.05, 4.69) is 153 Å². The molecule has 4 nitrogen and oxygen atoms in total. The van der Waals surface area contributed by atoms with E-state index in [1.807, 2.05) is 0 Å². The number of halogens is 1. The van der Waals surface area contributed by atoms with Crippen molar-refractivity contribution < 1.29 is 0 Å². The average molecular weight is 538 g/mol. The highest BCUT2D eigenvalue weighted by atomic mass is 79.9. The Bertz CT molecular complexity index is 1270. The van der Waals surface area contributed by atoms with Gasteiger partial charge in [-0.1, -0.05) is 145 Å². The highest BCUT2D eigenvalue weighted by Crippen LogP contribution is 2.42. The van der Waals surface area contributed by atoms with Crippen molar-refractivity contribution in [1.29, 1.82) is 0 Å². The van der Waals surface area contributed by atoms with Gasteiger partial charge in [0.05, 0.1) is 0 Å². The monoisotopic (exact) mass is 536 g/mol. The van der Waals surface area contributed by atoms with E-state index in [0.29, 0.717) is 0 Å². The lowest BCUT2D eigenvalue weighted by Gasteiger charge is -2.37. The van der Waals surface area contributed by atoms with Crippen LogP contribution >= 0.6 is 15.9 Å². The van der Waals surface area contributed by atoms with Gasteiger partial charge in [-0.15, -0.1) is 5.10 Å². The van der Waals surface area contributed by atoms with Crippen LogP contribution in [-0.4, -0.2) is 20.2 Å². The maximum atomic E-state index is 4.73. The van der Waals surface area contributed by atoms with Crippen LogP contribution in [0, 0.1) is 0 Å². The SMILES string of the molecule is CCCC(c1ccc(CBr)cc1)c1nnnn1C(c1ccccc1)(c1ccccc1)c1ccccc1. The van der Waals surface area contributed by atoms with Gasteiger partial charge in [-0.25, -0.2) is 4.68 Å². The molecule has 0 spiro atoms. The minimum atomic E-state index is -0.732. The van der Waals surface area contributed by atoms with Crippen LogP contribution in [0.4, 0.5) is 0 Å². The zero-order valence-electron chi connectivity index (χ0n) is 20.3. The molecule has 0 N–H and O–H groups in total. The van der Waals surface area contributed by atoms with Gasteiger partial charge in [-0.05, 0) is 44.7 Å². The van der Waals surface area contributed by atoms with Gasteiger partial charge in [0, 0.05) is 11.2 Å². The maximum Gasteiger partial charge on any atom is 0.160 e. The normalized spacial score (nSPS) is 12.4. The van der Waals surface area contributed by atoms with E-state index in [4.69, 9.17) is 5.21 Å². The van der Waals surface area contributed by atoms with E-state index >= 15 is 0 Å². The molecular weight excluding hydrogens is 508 g/mol. The number of hydrogen-bond donors (Lipinski definition) is 0. The lowest BCUT2D eigenvalue weighted by Crippen LogP contribution is -2.40. The zero-order valence-corrected chi connectivity index (χ0v) is 21.9. The average Bonchev–Trinajstić information content (AvgIpc) is 3.44. The summed E-state index contributed by atoms with van der Waals surface area (Å²) in [6.07, 6.45) is 1.97. The standard InChI is InChI=1S/C31H29BrN4/c1-2-12-29(25-21-19-24(23-32)20-22-25)30-33-34-35-36(30)31(26-13-6-3-7-14-26,27-15-8-4-9-16-27)28-17-10-5-11-18-28/h3-11,13-22,29H,2,12,23H2,1H3. The Kier molecular flexibility index (Phi) is 7.38. The molecule has 36 heavy (non-hydrogen) atoms. The van der Waals surface area contributed by atoms with Crippen LogP contribution in [-0.2, 0) is 10.9 Å². The molecule has 0 aliphatic heterocycles. The quantitative estimate of drug-likeness (QED) is 0.146. The second-order valence-corrected chi connectivity index (χ2v) is 9.53. The Labute approximate surface area is 221 Å². The molecule has 0 bridgehead atoms. The van der Waals surface area contributed by atoms with Crippen molar-refractivity contribution in [3.8, 4) is 0 Å². The molecule has 0 saturated heterocycles. The molecular formula is C31H29BrN4. The molecule has 0 saturated carbocycles. The predicted octanol–water partition coefficient (Wildman–Crippen LogP) is 7.34. The number of aromatic nitrogens is 4. The molecule has 5 rings (SSSR count). The molecule has 5 heteroatoms. The third kappa shape index (κ3) is 4.40. The summed E-state index contributed by atoms with van der Waals surface area (Å²) in [6, 6.07) is 40.5. The first-order chi connectivity index (χ1) is 17.8. The molecule has 1 aromatic heterocycles. The van der Waals surface area contributed by atoms with Crippen LogP contribution in [0.25, 0.3) is 0 Å². The van der Waals surface area contributed by atoms with E-state index in [9.17, 15) is 0 Å². The number of benzene rings is 4. The Hall–Kier alpha value is -3.57. The van der Waals surface area contributed by atoms with Crippen LogP contribution in [0.2, 0.25) is 0 Å². The first kappa shape index (κ1) is 24.1. The lowest BCUT2D eigenvalue weighted by atomic mass is 9.76. The summed E-state index contributed by atoms with van der Waals surface area (Å²) in [5.74, 6) is 0.921. The molecule has 0 aliphatic rings. The third-order valence-electron chi connectivity index (χ3n) is 6.81. The van der Waals surface area contributed by atoms with Crippen molar-refractivity contribution in [1.82, 2.24) is 20.2 Å². The molecule has 0 fully saturated rings. The van der Waals surface area contributed by atoms with E-state index in [1.165, 1.54) is 11.1 Å². The van der Waals surface area contributed by atoms with Crippen molar-refractivity contribution in [2.45, 2.75) is 36.6 Å². The molecule has 1 unspecified atom stereocenters. The summed E-state index contributed by atoms with van der Waals surface area (Å²) < 4.78 is 2.06. The van der Waals surface area contributed by atoms with Gasteiger partial charge in [0.25, 0.3) is 0 Å². The third-order valence-corrected chi connectivity index (χ3v) is 7.46. The molecule has 180 valence electrons. The van der Waals surface area contributed by atoms with Gasteiger partial charge in [0.15, 0.2) is 5.82 Å². The van der Waals surface area contributed by atoms with E-state index in [0.717, 1.165) is 40.7 Å². The van der Waals surface area contributed by atoms with Crippen LogP contribution in [0.1, 0.15) is 59.3 Å². The smallest absolute Gasteiger partial charge is 0.160 e. The summed E-state index contributed by atoms with van der Waals surface area (Å²) in [5.41, 5.74) is 5.08. The minimum Gasteiger partial charge on any atom is -0.209 e. The summed E-state index contributed by atoms with van der Waals surface area (Å²) >= 11 is 3.57. The van der Waals surface area contributed by atoms with Crippen LogP contribution in [0.15, 0.2) is 115 Å². The second kappa shape index (κ2) is 11.0. The van der Waals surface area contributed by atoms with Gasteiger partial charge in [0.1, 0.15) is 5.54 Å². The Morgan fingerprint density at radius 3 is 1.67 bits per heavy atom. The van der Waals surface area contributed by atoms with Gasteiger partial charge >= 0.3 is 0 Å². The van der Waals surface area contributed by atoms with Crippen LogP contribution in [0.3, 0.4) is 0 Å². The molecule has 0 aliphatic carbocycles. The first-order valence-electron chi connectivity index (χ1n) is 12.4. The van der Waals surface area contributed by atoms with Crippen molar-refractivity contribution in [3.63, 3.8) is 0 Å². The number of tetrazole rings is 1. The zero-order chi connectivity index (χ0) is 24.8. The number of rotatable bonds is 9. The number of hydrogen-bond acceptors (Lipinski definition) is 3. The Morgan fingerprint density at radius 1 is 0.722 bits per heavy atom. The summed E-state index contributed by atoms with van der Waals surface area (Å²) in [6.45, 7) is 2.22. The van der Waals surface area contributed by atoms with E-state index in [1.54, 1.807) is 0 Å². The molecule has 1 heterocycles. The van der Waals surface area contributed by atoms with E-state index < -0.39 is 5.54 Å². The van der Waals surface area contributed by atoms with Gasteiger partial charge in [-0.2, -0.15) is 0 Å². The van der Waals surface area contributed by atoms with Crippen molar-refractivity contribution in [2.24, 2.45) is 0 Å². The number of alkyl halides is 1. The van der Waals surface area contributed by atoms with Gasteiger partial charge in [-0.3, -0.25) is 0 Å². The second-order valence-electron chi connectivity index (χ2n) is 8.97. The Morgan fingerprint density at radius 2 is 1.22 bits per heavy atom. The van der Waals surface area contributed by atoms with Crippen LogP contribution in [0.5, 0.6) is 0 Å². The summed E-state index contributed by atoms with van der Waals surface area (Å²) in [5, 5.41) is 14.5. The fourth-order valence-electron chi connectivity index (χ4n) is 5.13. The largest absolute Gasteiger partial charge is 0.209 e. The molecule has 4 aromatic carbocycles. The number of nitrogens with zero attached hydrogens (tertiary/aromatic N) is 4. The lowest BCUT2D eigenvalue weighted by molar-refractivity contribution is 0.418. The molecule has 1 atom stereocenters. The topological polar surface area (TPSA) is 43.6 Å². The van der Waals surface area contributed by atoms with Gasteiger partial charge < -0.3 is 0 Å². The van der Waals surface area contributed by atoms with Gasteiger partial charge in [0.2, 0.25) is 0 Å². The minimum absolute atomic E-state index is 0.0601. The molecule has 0 radical (unpaired) electrons. The van der Waals surface area contributed by atoms with Crippen LogP contribution < -0.4 is 0 Å². The fourth-order valence-corrected chi connectivity index (χ4v) is 5.50. The highest BCUT2D eigenvalue weighted by Gasteiger charge is 2.42. The highest BCUT2D eigenvalue weighted by molar-refractivity contribution is 9.08. The predicted molar refractivity (Wildman–Crippen MR) is 148 cm³/mol. The summed E-state index contributed by atoms with van der Waals surface area (Å²) in [4.78, 5) is 0. The Balaban J connectivity index is 1.81.